The average Bonchev–Trinajstić information content (AvgIpc) is 2.77. The summed E-state index contributed by atoms with van der Waals surface area (Å²) in [6.07, 6.45) is 0.786. The first-order valence-corrected chi connectivity index (χ1v) is 5.98. The van der Waals surface area contributed by atoms with Gasteiger partial charge in [0, 0.05) is 4.88 Å². The van der Waals surface area contributed by atoms with E-state index in [0.29, 0.717) is 6.42 Å². The molecule has 0 aliphatic rings. The van der Waals surface area contributed by atoms with Crippen molar-refractivity contribution >= 4 is 17.0 Å². The van der Waals surface area contributed by atoms with Gasteiger partial charge in [0.25, 0.3) is 0 Å². The molecular weight excluding hydrogens is 258 g/mol. The zero-order valence-corrected chi connectivity index (χ0v) is 9.95. The zero-order chi connectivity index (χ0) is 13.1. The number of rotatable bonds is 4. The third-order valence-electron chi connectivity index (χ3n) is 2.38. The topological polar surface area (TPSA) is 109 Å². The van der Waals surface area contributed by atoms with Crippen molar-refractivity contribution in [2.75, 3.05) is 0 Å². The van der Waals surface area contributed by atoms with Gasteiger partial charge in [0.15, 0.2) is 0 Å². The summed E-state index contributed by atoms with van der Waals surface area (Å²) in [5, 5.41) is 12.7. The fourth-order valence-corrected chi connectivity index (χ4v) is 2.31. The predicted molar refractivity (Wildman–Crippen MR) is 66.1 cm³/mol. The van der Waals surface area contributed by atoms with Crippen LogP contribution in [0.5, 0.6) is 0 Å². The molecule has 2 rings (SSSR count). The lowest BCUT2D eigenvalue weighted by atomic mass is 10.2. The van der Waals surface area contributed by atoms with Crippen molar-refractivity contribution < 1.29 is 4.92 Å². The summed E-state index contributed by atoms with van der Waals surface area (Å²) in [7, 11) is 0. The van der Waals surface area contributed by atoms with E-state index >= 15 is 0 Å². The molecule has 0 unspecified atom stereocenters. The average molecular weight is 267 g/mol. The Bertz CT molecular complexity index is 671. The quantitative estimate of drug-likeness (QED) is 0.631. The van der Waals surface area contributed by atoms with Gasteiger partial charge in [0.2, 0.25) is 0 Å². The van der Waals surface area contributed by atoms with Gasteiger partial charge in [-0.05, 0) is 24.3 Å². The van der Waals surface area contributed by atoms with E-state index in [-0.39, 0.29) is 12.1 Å². The Labute approximate surface area is 104 Å². The number of aromatic amines is 2. The van der Waals surface area contributed by atoms with E-state index in [2.05, 4.69) is 4.98 Å². The molecule has 2 aromatic heterocycles. The molecule has 0 bridgehead atoms. The number of thiophene rings is 1. The predicted octanol–water partition coefficient (Wildman–Crippen LogP) is 0.818. The van der Waals surface area contributed by atoms with Crippen LogP contribution in [-0.4, -0.2) is 14.9 Å². The summed E-state index contributed by atoms with van der Waals surface area (Å²) in [5.74, 6) is 0. The first kappa shape index (κ1) is 12.2. The Morgan fingerprint density at radius 3 is 2.67 bits per heavy atom. The van der Waals surface area contributed by atoms with Gasteiger partial charge < -0.3 is 4.98 Å². The summed E-state index contributed by atoms with van der Waals surface area (Å²) >= 11 is 1.52. The Hall–Kier alpha value is -2.22. The normalized spacial score (nSPS) is 10.4. The smallest absolute Gasteiger partial charge is 0.305 e. The molecule has 0 aliphatic heterocycles. The number of H-pyrrole nitrogens is 2. The first-order valence-electron chi connectivity index (χ1n) is 5.10. The van der Waals surface area contributed by atoms with Crippen LogP contribution in [0.2, 0.25) is 0 Å². The molecule has 94 valence electrons. The molecule has 0 fully saturated rings. The van der Waals surface area contributed by atoms with E-state index in [4.69, 9.17) is 0 Å². The van der Waals surface area contributed by atoms with E-state index < -0.39 is 21.9 Å². The standard InChI is InChI=1S/C10H9N3O4S/c14-9-8(13(16)17)7(11-10(15)12-9)4-3-6-2-1-5-18-6/h1-2,5H,3-4H2,(H2,11,12,14,15). The van der Waals surface area contributed by atoms with E-state index in [1.165, 1.54) is 11.3 Å². The van der Waals surface area contributed by atoms with Crippen LogP contribution in [0.4, 0.5) is 5.69 Å². The van der Waals surface area contributed by atoms with Crippen molar-refractivity contribution in [3.63, 3.8) is 0 Å². The highest BCUT2D eigenvalue weighted by Gasteiger charge is 2.20. The van der Waals surface area contributed by atoms with E-state index in [0.717, 1.165) is 4.88 Å². The van der Waals surface area contributed by atoms with Gasteiger partial charge in [-0.1, -0.05) is 6.07 Å². The second-order valence-electron chi connectivity index (χ2n) is 3.57. The van der Waals surface area contributed by atoms with Gasteiger partial charge >= 0.3 is 16.9 Å². The maximum atomic E-state index is 11.3. The Morgan fingerprint density at radius 2 is 2.06 bits per heavy atom. The summed E-state index contributed by atoms with van der Waals surface area (Å²) in [6.45, 7) is 0. The van der Waals surface area contributed by atoms with Crippen molar-refractivity contribution in [3.05, 3.63) is 59.0 Å². The minimum absolute atomic E-state index is 0.0575. The van der Waals surface area contributed by atoms with Gasteiger partial charge in [0.05, 0.1) is 4.92 Å². The van der Waals surface area contributed by atoms with E-state index in [1.807, 2.05) is 22.5 Å². The van der Waals surface area contributed by atoms with E-state index in [9.17, 15) is 19.7 Å². The zero-order valence-electron chi connectivity index (χ0n) is 9.13. The lowest BCUT2D eigenvalue weighted by Crippen LogP contribution is -2.27. The monoisotopic (exact) mass is 267 g/mol. The molecule has 2 N–H and O–H groups in total. The summed E-state index contributed by atoms with van der Waals surface area (Å²) in [5.41, 5.74) is -2.23. The maximum Gasteiger partial charge on any atom is 0.353 e. The highest BCUT2D eigenvalue weighted by molar-refractivity contribution is 7.09. The van der Waals surface area contributed by atoms with Gasteiger partial charge in [-0.25, -0.2) is 4.79 Å². The highest BCUT2D eigenvalue weighted by Crippen LogP contribution is 2.14. The lowest BCUT2D eigenvalue weighted by Gasteiger charge is -2.00. The number of aryl methyl sites for hydroxylation is 2. The maximum absolute atomic E-state index is 11.3. The van der Waals surface area contributed by atoms with Crippen LogP contribution in [0.3, 0.4) is 0 Å². The molecule has 7 nitrogen and oxygen atoms in total. The Morgan fingerprint density at radius 1 is 1.28 bits per heavy atom. The van der Waals surface area contributed by atoms with Gasteiger partial charge in [-0.2, -0.15) is 0 Å². The van der Waals surface area contributed by atoms with Crippen LogP contribution in [0.15, 0.2) is 27.1 Å². The molecule has 0 saturated carbocycles. The van der Waals surface area contributed by atoms with Crippen LogP contribution < -0.4 is 11.2 Å². The van der Waals surface area contributed by atoms with Crippen molar-refractivity contribution in [2.24, 2.45) is 0 Å². The molecule has 0 amide bonds. The minimum atomic E-state index is -0.968. The molecular formula is C10H9N3O4S. The third kappa shape index (κ3) is 2.54. The van der Waals surface area contributed by atoms with E-state index in [1.54, 1.807) is 0 Å². The largest absolute Gasteiger partial charge is 0.353 e. The Kier molecular flexibility index (Phi) is 3.38. The summed E-state index contributed by atoms with van der Waals surface area (Å²) in [4.78, 5) is 37.7. The van der Waals surface area contributed by atoms with Crippen LogP contribution >= 0.6 is 11.3 Å². The van der Waals surface area contributed by atoms with Crippen LogP contribution in [0.25, 0.3) is 0 Å². The second-order valence-corrected chi connectivity index (χ2v) is 4.60. The highest BCUT2D eigenvalue weighted by atomic mass is 32.1. The first-order chi connectivity index (χ1) is 8.58. The van der Waals surface area contributed by atoms with Crippen molar-refractivity contribution in [1.29, 1.82) is 0 Å². The summed E-state index contributed by atoms with van der Waals surface area (Å²) < 4.78 is 0. The molecule has 2 heterocycles. The Balaban J connectivity index is 2.34. The number of nitro groups is 1. The van der Waals surface area contributed by atoms with Crippen molar-refractivity contribution in [1.82, 2.24) is 9.97 Å². The van der Waals surface area contributed by atoms with Crippen molar-refractivity contribution in [2.45, 2.75) is 12.8 Å². The minimum Gasteiger partial charge on any atom is -0.305 e. The fourth-order valence-electron chi connectivity index (χ4n) is 1.60. The number of hydrogen-bond donors (Lipinski definition) is 2. The van der Waals surface area contributed by atoms with Gasteiger partial charge in [-0.3, -0.25) is 19.9 Å². The summed E-state index contributed by atoms with van der Waals surface area (Å²) in [6, 6.07) is 3.76. The molecule has 18 heavy (non-hydrogen) atoms. The molecule has 0 atom stereocenters. The molecule has 0 radical (unpaired) electrons. The molecule has 0 aromatic carbocycles. The number of nitrogens with zero attached hydrogens (tertiary/aromatic N) is 1. The molecule has 8 heteroatoms. The van der Waals surface area contributed by atoms with Gasteiger partial charge in [0.1, 0.15) is 5.69 Å². The van der Waals surface area contributed by atoms with Crippen LogP contribution in [0, 0.1) is 10.1 Å². The van der Waals surface area contributed by atoms with Crippen LogP contribution in [-0.2, 0) is 12.8 Å². The lowest BCUT2D eigenvalue weighted by molar-refractivity contribution is -0.387. The molecule has 0 aliphatic carbocycles. The van der Waals surface area contributed by atoms with Crippen LogP contribution in [0.1, 0.15) is 10.6 Å². The second kappa shape index (κ2) is 4.96. The molecule has 0 spiro atoms. The molecule has 0 saturated heterocycles. The number of nitrogens with one attached hydrogen (secondary N) is 2. The molecule has 2 aromatic rings. The SMILES string of the molecule is O=c1[nH]c(CCc2cccs2)c([N+](=O)[O-])c(=O)[nH]1. The fraction of sp³-hybridized carbons (Fsp3) is 0.200. The number of hydrogen-bond acceptors (Lipinski definition) is 5. The van der Waals surface area contributed by atoms with Gasteiger partial charge in [-0.15, -0.1) is 11.3 Å². The number of aromatic nitrogens is 2. The van der Waals surface area contributed by atoms with Crippen molar-refractivity contribution in [3.8, 4) is 0 Å². The third-order valence-corrected chi connectivity index (χ3v) is 3.31.